The van der Waals surface area contributed by atoms with Crippen molar-refractivity contribution in [1.82, 2.24) is 15.1 Å². The van der Waals surface area contributed by atoms with Crippen molar-refractivity contribution < 1.29 is 4.79 Å². The van der Waals surface area contributed by atoms with E-state index in [1.54, 1.807) is 30.1 Å². The monoisotopic (exact) mass is 210 g/mol. The summed E-state index contributed by atoms with van der Waals surface area (Å²) >= 11 is 0. The second-order valence-electron chi connectivity index (χ2n) is 4.24. The number of nitrogens with two attached hydrogens (primary N) is 1. The van der Waals surface area contributed by atoms with Gasteiger partial charge >= 0.3 is 0 Å². The van der Waals surface area contributed by atoms with Crippen LogP contribution in [0.2, 0.25) is 0 Å². The molecule has 15 heavy (non-hydrogen) atoms. The molecule has 0 aromatic carbocycles. The van der Waals surface area contributed by atoms with Crippen LogP contribution in [0.1, 0.15) is 26.8 Å². The fraction of sp³-hybridized carbons (Fsp3) is 0.600. The van der Waals surface area contributed by atoms with Crippen LogP contribution in [0.15, 0.2) is 18.5 Å². The number of amides is 1. The first kappa shape index (κ1) is 11.7. The molecule has 0 saturated carbocycles. The lowest BCUT2D eigenvalue weighted by molar-refractivity contribution is -0.125. The van der Waals surface area contributed by atoms with E-state index < -0.39 is 0 Å². The van der Waals surface area contributed by atoms with Gasteiger partial charge in [0.2, 0.25) is 5.91 Å². The Morgan fingerprint density at radius 2 is 2.33 bits per heavy atom. The molecule has 0 saturated heterocycles. The van der Waals surface area contributed by atoms with E-state index in [0.717, 1.165) is 0 Å². The van der Waals surface area contributed by atoms with Gasteiger partial charge in [0, 0.05) is 24.5 Å². The van der Waals surface area contributed by atoms with Crippen LogP contribution < -0.4 is 11.1 Å². The predicted octanol–water partition coefficient (Wildman–Crippen LogP) is 0.298. The van der Waals surface area contributed by atoms with Crippen molar-refractivity contribution in [3.63, 3.8) is 0 Å². The summed E-state index contributed by atoms with van der Waals surface area (Å²) < 4.78 is 1.61. The van der Waals surface area contributed by atoms with E-state index in [1.165, 1.54) is 0 Å². The molecule has 0 spiro atoms. The molecule has 3 N–H and O–H groups in total. The summed E-state index contributed by atoms with van der Waals surface area (Å²) in [4.78, 5) is 11.8. The van der Waals surface area contributed by atoms with E-state index in [4.69, 9.17) is 5.73 Å². The Labute approximate surface area is 89.6 Å². The van der Waals surface area contributed by atoms with Gasteiger partial charge in [0.25, 0.3) is 0 Å². The number of nitrogens with one attached hydrogen (secondary N) is 1. The zero-order chi connectivity index (χ0) is 11.5. The second-order valence-corrected chi connectivity index (χ2v) is 4.24. The first-order valence-electron chi connectivity index (χ1n) is 4.97. The van der Waals surface area contributed by atoms with Crippen molar-refractivity contribution in [3.05, 3.63) is 18.5 Å². The van der Waals surface area contributed by atoms with E-state index in [0.29, 0.717) is 6.54 Å². The summed E-state index contributed by atoms with van der Waals surface area (Å²) in [6, 6.07) is 1.48. The molecular formula is C10H18N4O. The minimum absolute atomic E-state index is 0.0749. The van der Waals surface area contributed by atoms with Crippen molar-refractivity contribution in [2.24, 2.45) is 5.73 Å². The van der Waals surface area contributed by atoms with Gasteiger partial charge in [-0.15, -0.1) is 0 Å². The zero-order valence-electron chi connectivity index (χ0n) is 9.40. The fourth-order valence-corrected chi connectivity index (χ4v) is 1.12. The molecule has 1 amide bonds. The number of rotatable bonds is 4. The normalized spacial score (nSPS) is 13.6. The van der Waals surface area contributed by atoms with E-state index in [-0.39, 0.29) is 17.5 Å². The number of hydrogen-bond donors (Lipinski definition) is 2. The minimum Gasteiger partial charge on any atom is -0.348 e. The van der Waals surface area contributed by atoms with Crippen molar-refractivity contribution in [3.8, 4) is 0 Å². The molecule has 1 unspecified atom stereocenters. The molecule has 1 aromatic rings. The molecule has 0 fully saturated rings. The average molecular weight is 210 g/mol. The molecule has 0 aliphatic carbocycles. The molecule has 1 aromatic heterocycles. The fourth-order valence-electron chi connectivity index (χ4n) is 1.12. The Balaban J connectivity index is 2.62. The molecule has 0 aliphatic heterocycles. The number of carbonyl (C=O) groups is 1. The first-order chi connectivity index (χ1) is 6.96. The molecule has 1 heterocycles. The molecular weight excluding hydrogens is 192 g/mol. The minimum atomic E-state index is -0.376. The van der Waals surface area contributed by atoms with E-state index in [2.05, 4.69) is 10.4 Å². The summed E-state index contributed by atoms with van der Waals surface area (Å²) in [7, 11) is 0. The lowest BCUT2D eigenvalue weighted by Crippen LogP contribution is -2.50. The van der Waals surface area contributed by atoms with Gasteiger partial charge in [-0.3, -0.25) is 9.48 Å². The average Bonchev–Trinajstić information content (AvgIpc) is 2.68. The van der Waals surface area contributed by atoms with Gasteiger partial charge in [-0.05, 0) is 26.8 Å². The third-order valence-corrected chi connectivity index (χ3v) is 2.27. The molecule has 0 aliphatic rings. The molecule has 84 valence electrons. The number of carbonyl (C=O) groups excluding carboxylic acids is 1. The Kier molecular flexibility index (Phi) is 3.47. The smallest absolute Gasteiger partial charge is 0.245 e. The number of aromatic nitrogens is 2. The van der Waals surface area contributed by atoms with E-state index >= 15 is 0 Å². The van der Waals surface area contributed by atoms with Gasteiger partial charge in [-0.2, -0.15) is 5.10 Å². The highest BCUT2D eigenvalue weighted by molar-refractivity contribution is 5.80. The predicted molar refractivity (Wildman–Crippen MR) is 58.2 cm³/mol. The summed E-state index contributed by atoms with van der Waals surface area (Å²) in [5, 5.41) is 6.89. The maximum atomic E-state index is 11.8. The van der Waals surface area contributed by atoms with Crippen LogP contribution in [-0.2, 0) is 4.79 Å². The summed E-state index contributed by atoms with van der Waals surface area (Å²) in [6.45, 7) is 5.99. The van der Waals surface area contributed by atoms with Crippen LogP contribution >= 0.6 is 0 Å². The maximum Gasteiger partial charge on any atom is 0.245 e. The second kappa shape index (κ2) is 4.44. The molecule has 0 bridgehead atoms. The van der Waals surface area contributed by atoms with Gasteiger partial charge in [-0.1, -0.05) is 0 Å². The van der Waals surface area contributed by atoms with Crippen LogP contribution in [0.4, 0.5) is 0 Å². The van der Waals surface area contributed by atoms with Gasteiger partial charge in [0.05, 0.1) is 0 Å². The lowest BCUT2D eigenvalue weighted by atomic mass is 10.1. The van der Waals surface area contributed by atoms with E-state index in [1.807, 2.05) is 13.8 Å². The number of hydrogen-bond acceptors (Lipinski definition) is 3. The highest BCUT2D eigenvalue weighted by atomic mass is 16.2. The Morgan fingerprint density at radius 1 is 1.67 bits per heavy atom. The largest absolute Gasteiger partial charge is 0.348 e. The van der Waals surface area contributed by atoms with Crippen molar-refractivity contribution in [2.45, 2.75) is 32.4 Å². The van der Waals surface area contributed by atoms with Crippen LogP contribution in [0.5, 0.6) is 0 Å². The van der Waals surface area contributed by atoms with Gasteiger partial charge in [0.15, 0.2) is 0 Å². The van der Waals surface area contributed by atoms with Crippen LogP contribution in [-0.4, -0.2) is 27.8 Å². The number of nitrogens with zero attached hydrogens (tertiary/aromatic N) is 2. The summed E-state index contributed by atoms with van der Waals surface area (Å²) in [5.41, 5.74) is 5.16. The molecule has 5 heteroatoms. The highest BCUT2D eigenvalue weighted by Crippen LogP contribution is 2.06. The van der Waals surface area contributed by atoms with Crippen molar-refractivity contribution >= 4 is 5.91 Å². The third kappa shape index (κ3) is 3.06. The highest BCUT2D eigenvalue weighted by Gasteiger charge is 2.22. The van der Waals surface area contributed by atoms with Crippen LogP contribution in [0, 0.1) is 0 Å². The maximum absolute atomic E-state index is 11.8. The Morgan fingerprint density at radius 3 is 2.80 bits per heavy atom. The van der Waals surface area contributed by atoms with Crippen molar-refractivity contribution in [2.75, 3.05) is 6.54 Å². The van der Waals surface area contributed by atoms with Gasteiger partial charge < -0.3 is 11.1 Å². The SMILES string of the molecule is CC(C(=O)NC(C)(C)CN)n1cccn1. The topological polar surface area (TPSA) is 72.9 Å². The molecule has 1 rings (SSSR count). The van der Waals surface area contributed by atoms with E-state index in [9.17, 15) is 4.79 Å². The van der Waals surface area contributed by atoms with Crippen LogP contribution in [0.25, 0.3) is 0 Å². The lowest BCUT2D eigenvalue weighted by Gasteiger charge is -2.26. The van der Waals surface area contributed by atoms with Gasteiger partial charge in [0.1, 0.15) is 6.04 Å². The van der Waals surface area contributed by atoms with Crippen LogP contribution in [0.3, 0.4) is 0 Å². The standard InChI is InChI=1S/C10H18N4O/c1-8(14-6-4-5-12-14)9(15)13-10(2,3)7-11/h4-6,8H,7,11H2,1-3H3,(H,13,15). The Hall–Kier alpha value is -1.36. The first-order valence-corrected chi connectivity index (χ1v) is 4.97. The van der Waals surface area contributed by atoms with Gasteiger partial charge in [-0.25, -0.2) is 0 Å². The summed E-state index contributed by atoms with van der Waals surface area (Å²) in [6.07, 6.45) is 3.41. The molecule has 1 atom stereocenters. The zero-order valence-corrected chi connectivity index (χ0v) is 9.40. The van der Waals surface area contributed by atoms with Crippen molar-refractivity contribution in [1.29, 1.82) is 0 Å². The molecule has 5 nitrogen and oxygen atoms in total. The third-order valence-electron chi connectivity index (χ3n) is 2.27. The molecule has 0 radical (unpaired) electrons. The summed E-state index contributed by atoms with van der Waals surface area (Å²) in [5.74, 6) is -0.0749. The Bertz CT molecular complexity index is 318. The quantitative estimate of drug-likeness (QED) is 0.750.